The van der Waals surface area contributed by atoms with Gasteiger partial charge < -0.3 is 25.0 Å². The van der Waals surface area contributed by atoms with Crippen molar-refractivity contribution in [1.29, 1.82) is 0 Å². The van der Waals surface area contributed by atoms with Crippen LogP contribution in [-0.4, -0.2) is 55.2 Å². The van der Waals surface area contributed by atoms with Crippen LogP contribution in [0, 0.1) is 0 Å². The van der Waals surface area contributed by atoms with Crippen molar-refractivity contribution in [1.82, 2.24) is 15.5 Å². The Bertz CT molecular complexity index is 780. The number of fused-ring (bicyclic) bond motifs is 1. The zero-order valence-electron chi connectivity index (χ0n) is 19.5. The monoisotopic (exact) mass is 430 g/mol. The Morgan fingerprint density at radius 3 is 2.84 bits per heavy atom. The zero-order chi connectivity index (χ0) is 22.2. The van der Waals surface area contributed by atoms with E-state index in [9.17, 15) is 4.79 Å². The molecule has 1 fully saturated rings. The van der Waals surface area contributed by atoms with Gasteiger partial charge in [-0.1, -0.05) is 6.92 Å². The SMILES string of the molecule is CCNC(=NCc1cc2c(cc1OCC)CC(C)O2)NCCC(CC)N1CCCC1=O. The van der Waals surface area contributed by atoms with Crippen LogP contribution in [0.2, 0.25) is 0 Å². The number of benzene rings is 1. The molecule has 0 bridgehead atoms. The van der Waals surface area contributed by atoms with Gasteiger partial charge in [0.2, 0.25) is 5.91 Å². The quantitative estimate of drug-likeness (QED) is 0.440. The van der Waals surface area contributed by atoms with Crippen molar-refractivity contribution in [3.8, 4) is 11.5 Å². The number of amides is 1. The summed E-state index contributed by atoms with van der Waals surface area (Å²) in [5, 5.41) is 6.75. The highest BCUT2D eigenvalue weighted by Crippen LogP contribution is 2.35. The minimum Gasteiger partial charge on any atom is -0.494 e. The molecule has 7 nitrogen and oxygen atoms in total. The second-order valence-electron chi connectivity index (χ2n) is 8.30. The number of rotatable bonds is 10. The molecule has 0 aliphatic carbocycles. The van der Waals surface area contributed by atoms with Gasteiger partial charge in [0.15, 0.2) is 5.96 Å². The summed E-state index contributed by atoms with van der Waals surface area (Å²) in [4.78, 5) is 18.9. The maximum Gasteiger partial charge on any atom is 0.222 e. The summed E-state index contributed by atoms with van der Waals surface area (Å²) in [5.74, 6) is 2.91. The topological polar surface area (TPSA) is 75.2 Å². The lowest BCUT2D eigenvalue weighted by Crippen LogP contribution is -2.42. The number of carbonyl (C=O) groups excluding carboxylic acids is 1. The fraction of sp³-hybridized carbons (Fsp3) is 0.667. The van der Waals surface area contributed by atoms with Crippen LogP contribution >= 0.6 is 0 Å². The average molecular weight is 431 g/mol. The molecule has 2 aliphatic heterocycles. The standard InChI is InChI=1S/C24H38N4O3/c1-5-20(28-12-8-9-23(28)29)10-11-26-24(25-6-2)27-16-19-15-22-18(13-17(4)31-22)14-21(19)30-7-3/h14-15,17,20H,5-13,16H2,1-4H3,(H2,25,26,27). The van der Waals surface area contributed by atoms with Gasteiger partial charge in [-0.15, -0.1) is 0 Å². The van der Waals surface area contributed by atoms with Crippen molar-refractivity contribution in [3.63, 3.8) is 0 Å². The Morgan fingerprint density at radius 2 is 2.16 bits per heavy atom. The first-order chi connectivity index (χ1) is 15.0. The van der Waals surface area contributed by atoms with Crippen LogP contribution in [0.3, 0.4) is 0 Å². The van der Waals surface area contributed by atoms with Gasteiger partial charge in [0.05, 0.1) is 13.2 Å². The summed E-state index contributed by atoms with van der Waals surface area (Å²) < 4.78 is 11.8. The van der Waals surface area contributed by atoms with E-state index < -0.39 is 0 Å². The fourth-order valence-electron chi connectivity index (χ4n) is 4.39. The number of likely N-dealkylation sites (tertiary alicyclic amines) is 1. The van der Waals surface area contributed by atoms with Crippen molar-refractivity contribution in [2.75, 3.05) is 26.2 Å². The molecule has 0 radical (unpaired) electrons. The maximum atomic E-state index is 12.1. The first-order valence-corrected chi connectivity index (χ1v) is 11.8. The highest BCUT2D eigenvalue weighted by atomic mass is 16.5. The molecule has 1 aromatic carbocycles. The van der Waals surface area contributed by atoms with Crippen molar-refractivity contribution >= 4 is 11.9 Å². The van der Waals surface area contributed by atoms with Crippen molar-refractivity contribution < 1.29 is 14.3 Å². The van der Waals surface area contributed by atoms with Gasteiger partial charge in [0, 0.05) is 49.6 Å². The molecule has 1 amide bonds. The van der Waals surface area contributed by atoms with E-state index in [2.05, 4.69) is 43.5 Å². The summed E-state index contributed by atoms with van der Waals surface area (Å²) >= 11 is 0. The summed E-state index contributed by atoms with van der Waals surface area (Å²) in [6.45, 7) is 11.9. The molecule has 7 heteroatoms. The zero-order valence-corrected chi connectivity index (χ0v) is 19.5. The number of carbonyl (C=O) groups is 1. The van der Waals surface area contributed by atoms with E-state index in [0.717, 1.165) is 68.3 Å². The van der Waals surface area contributed by atoms with E-state index in [1.807, 2.05) is 11.8 Å². The van der Waals surface area contributed by atoms with Crippen molar-refractivity contribution in [2.45, 2.75) is 78.5 Å². The molecular formula is C24H38N4O3. The summed E-state index contributed by atoms with van der Waals surface area (Å²) in [5.41, 5.74) is 2.23. The minimum absolute atomic E-state index is 0.205. The van der Waals surface area contributed by atoms with Gasteiger partial charge in [-0.3, -0.25) is 4.79 Å². The molecule has 1 aromatic rings. The van der Waals surface area contributed by atoms with Gasteiger partial charge in [-0.05, 0) is 52.2 Å². The molecule has 2 unspecified atom stereocenters. The molecule has 0 saturated carbocycles. The molecule has 2 N–H and O–H groups in total. The second kappa shape index (κ2) is 11.3. The number of aliphatic imine (C=N–C) groups is 1. The lowest BCUT2D eigenvalue weighted by atomic mass is 10.1. The van der Waals surface area contributed by atoms with E-state index in [1.165, 1.54) is 5.56 Å². The molecule has 2 aliphatic rings. The fourth-order valence-corrected chi connectivity index (χ4v) is 4.39. The van der Waals surface area contributed by atoms with Crippen LogP contribution in [0.4, 0.5) is 0 Å². The van der Waals surface area contributed by atoms with E-state index in [1.54, 1.807) is 0 Å². The third-order valence-corrected chi connectivity index (χ3v) is 5.92. The Kier molecular flexibility index (Phi) is 8.43. The van der Waals surface area contributed by atoms with Gasteiger partial charge >= 0.3 is 0 Å². The molecule has 0 spiro atoms. The molecule has 31 heavy (non-hydrogen) atoms. The van der Waals surface area contributed by atoms with Gasteiger partial charge in [-0.2, -0.15) is 0 Å². The summed E-state index contributed by atoms with van der Waals surface area (Å²) in [6.07, 6.45) is 4.70. The molecular weight excluding hydrogens is 392 g/mol. The average Bonchev–Trinajstić information content (AvgIpc) is 3.33. The van der Waals surface area contributed by atoms with Crippen molar-refractivity contribution in [3.05, 3.63) is 23.3 Å². The number of hydrogen-bond acceptors (Lipinski definition) is 4. The van der Waals surface area contributed by atoms with Gasteiger partial charge in [0.1, 0.15) is 17.6 Å². The molecule has 0 aromatic heterocycles. The second-order valence-corrected chi connectivity index (χ2v) is 8.30. The van der Waals surface area contributed by atoms with E-state index in [4.69, 9.17) is 14.5 Å². The number of hydrogen-bond donors (Lipinski definition) is 2. The van der Waals surface area contributed by atoms with Crippen LogP contribution in [0.25, 0.3) is 0 Å². The van der Waals surface area contributed by atoms with E-state index >= 15 is 0 Å². The Hall–Kier alpha value is -2.44. The predicted molar refractivity (Wildman–Crippen MR) is 124 cm³/mol. The van der Waals surface area contributed by atoms with Crippen LogP contribution in [0.1, 0.15) is 64.5 Å². The highest BCUT2D eigenvalue weighted by Gasteiger charge is 2.26. The molecule has 2 heterocycles. The number of ether oxygens (including phenoxy) is 2. The summed E-state index contributed by atoms with van der Waals surface area (Å²) in [6, 6.07) is 4.47. The number of nitrogens with one attached hydrogen (secondary N) is 2. The van der Waals surface area contributed by atoms with Crippen LogP contribution in [0.15, 0.2) is 17.1 Å². The van der Waals surface area contributed by atoms with Gasteiger partial charge in [0.25, 0.3) is 0 Å². The number of nitrogens with zero attached hydrogens (tertiary/aromatic N) is 2. The maximum absolute atomic E-state index is 12.1. The van der Waals surface area contributed by atoms with Crippen LogP contribution in [-0.2, 0) is 17.8 Å². The van der Waals surface area contributed by atoms with E-state index in [-0.39, 0.29) is 6.10 Å². The lowest BCUT2D eigenvalue weighted by molar-refractivity contribution is -0.129. The molecule has 172 valence electrons. The lowest BCUT2D eigenvalue weighted by Gasteiger charge is -2.27. The first kappa shape index (κ1) is 23.2. The third kappa shape index (κ3) is 6.05. The summed E-state index contributed by atoms with van der Waals surface area (Å²) in [7, 11) is 0. The van der Waals surface area contributed by atoms with E-state index in [0.29, 0.717) is 31.5 Å². The molecule has 1 saturated heterocycles. The largest absolute Gasteiger partial charge is 0.494 e. The number of guanidine groups is 1. The Labute approximate surface area is 186 Å². The van der Waals surface area contributed by atoms with Gasteiger partial charge in [-0.25, -0.2) is 4.99 Å². The van der Waals surface area contributed by atoms with Crippen LogP contribution < -0.4 is 20.1 Å². The highest BCUT2D eigenvalue weighted by molar-refractivity contribution is 5.80. The normalized spacial score (nSPS) is 19.2. The molecule has 2 atom stereocenters. The van der Waals surface area contributed by atoms with Crippen molar-refractivity contribution in [2.24, 2.45) is 4.99 Å². The molecule has 3 rings (SSSR count). The predicted octanol–water partition coefficient (Wildman–Crippen LogP) is 3.25. The Balaban J connectivity index is 1.63. The minimum atomic E-state index is 0.205. The Morgan fingerprint density at radius 1 is 1.32 bits per heavy atom. The first-order valence-electron chi connectivity index (χ1n) is 11.8. The smallest absolute Gasteiger partial charge is 0.222 e. The van der Waals surface area contributed by atoms with Crippen LogP contribution in [0.5, 0.6) is 11.5 Å². The third-order valence-electron chi connectivity index (χ3n) is 5.92.